The van der Waals surface area contributed by atoms with Crippen molar-refractivity contribution in [3.8, 4) is 0 Å². The highest BCUT2D eigenvalue weighted by molar-refractivity contribution is 7.99. The molecule has 2 nitrogen and oxygen atoms in total. The van der Waals surface area contributed by atoms with Gasteiger partial charge in [-0.25, -0.2) is 0 Å². The lowest BCUT2D eigenvalue weighted by Gasteiger charge is -2.20. The summed E-state index contributed by atoms with van der Waals surface area (Å²) in [5.74, 6) is 3.66. The first-order valence-corrected chi connectivity index (χ1v) is 6.30. The van der Waals surface area contributed by atoms with E-state index in [1.165, 1.54) is 24.5 Å². The maximum Gasteiger partial charge on any atom is 0.0166 e. The molecule has 0 aliphatic carbocycles. The van der Waals surface area contributed by atoms with E-state index in [4.69, 9.17) is 0 Å². The minimum atomic E-state index is 0.626. The Morgan fingerprint density at radius 2 is 2.31 bits per heavy atom. The van der Waals surface area contributed by atoms with Crippen molar-refractivity contribution in [2.75, 3.05) is 38.7 Å². The molecule has 1 saturated heterocycles. The summed E-state index contributed by atoms with van der Waals surface area (Å²) in [7, 11) is 4.26. The largest absolute Gasteiger partial charge is 0.313 e. The van der Waals surface area contributed by atoms with Crippen LogP contribution in [0, 0.1) is 5.92 Å². The Morgan fingerprint density at radius 3 is 2.85 bits per heavy atom. The Labute approximate surface area is 86.5 Å². The van der Waals surface area contributed by atoms with Crippen LogP contribution in [0.5, 0.6) is 0 Å². The van der Waals surface area contributed by atoms with Crippen LogP contribution in [0.4, 0.5) is 0 Å². The molecule has 3 heteroatoms. The van der Waals surface area contributed by atoms with E-state index in [0.717, 1.165) is 12.5 Å². The van der Waals surface area contributed by atoms with Crippen LogP contribution in [0.25, 0.3) is 0 Å². The lowest BCUT2D eigenvalue weighted by Crippen LogP contribution is -2.38. The molecule has 78 valence electrons. The minimum Gasteiger partial charge on any atom is -0.313 e. The molecule has 1 N–H and O–H groups in total. The van der Waals surface area contributed by atoms with Gasteiger partial charge in [-0.3, -0.25) is 0 Å². The van der Waals surface area contributed by atoms with Gasteiger partial charge in [0, 0.05) is 12.6 Å². The fourth-order valence-corrected chi connectivity index (χ4v) is 3.01. The average molecular weight is 202 g/mol. The maximum atomic E-state index is 3.60. The van der Waals surface area contributed by atoms with Gasteiger partial charge < -0.3 is 10.2 Å². The molecule has 1 heterocycles. The second kappa shape index (κ2) is 5.89. The van der Waals surface area contributed by atoms with E-state index >= 15 is 0 Å². The summed E-state index contributed by atoms with van der Waals surface area (Å²) in [6.45, 7) is 4.62. The quantitative estimate of drug-likeness (QED) is 0.723. The number of nitrogens with one attached hydrogen (secondary N) is 1. The van der Waals surface area contributed by atoms with Crippen molar-refractivity contribution >= 4 is 11.8 Å². The predicted molar refractivity (Wildman–Crippen MR) is 61.5 cm³/mol. The average Bonchev–Trinajstić information content (AvgIpc) is 2.51. The van der Waals surface area contributed by atoms with Crippen molar-refractivity contribution in [3.63, 3.8) is 0 Å². The van der Waals surface area contributed by atoms with Crippen molar-refractivity contribution < 1.29 is 0 Å². The summed E-state index contributed by atoms with van der Waals surface area (Å²) in [6.07, 6.45) is 1.41. The Bertz CT molecular complexity index is 133. The zero-order chi connectivity index (χ0) is 9.68. The molecule has 0 aromatic rings. The minimum absolute atomic E-state index is 0.626. The third-order valence-electron chi connectivity index (χ3n) is 2.42. The molecule has 2 unspecified atom stereocenters. The van der Waals surface area contributed by atoms with E-state index in [0.29, 0.717) is 6.04 Å². The summed E-state index contributed by atoms with van der Waals surface area (Å²) in [6, 6.07) is 0.626. The smallest absolute Gasteiger partial charge is 0.0166 e. The number of likely N-dealkylation sites (N-methyl/N-ethyl adjacent to an activating group) is 1. The molecule has 1 rings (SSSR count). The van der Waals surface area contributed by atoms with Gasteiger partial charge in [-0.05, 0) is 51.4 Å². The molecule has 0 radical (unpaired) electrons. The molecule has 0 amide bonds. The fraction of sp³-hybridized carbons (Fsp3) is 1.00. The number of nitrogens with zero attached hydrogens (tertiary/aromatic N) is 1. The van der Waals surface area contributed by atoms with Crippen LogP contribution in [0.3, 0.4) is 0 Å². The molecule has 13 heavy (non-hydrogen) atoms. The first-order chi connectivity index (χ1) is 6.18. The molecule has 0 bridgehead atoms. The van der Waals surface area contributed by atoms with E-state index in [-0.39, 0.29) is 0 Å². The van der Waals surface area contributed by atoms with Crippen LogP contribution in [-0.4, -0.2) is 49.6 Å². The normalized spacial score (nSPS) is 25.4. The van der Waals surface area contributed by atoms with Crippen LogP contribution < -0.4 is 5.32 Å². The highest BCUT2D eigenvalue weighted by Crippen LogP contribution is 2.22. The van der Waals surface area contributed by atoms with E-state index in [2.05, 4.69) is 43.0 Å². The molecular formula is C10H22N2S. The third-order valence-corrected chi connectivity index (χ3v) is 3.65. The van der Waals surface area contributed by atoms with Gasteiger partial charge in [-0.2, -0.15) is 11.8 Å². The van der Waals surface area contributed by atoms with E-state index in [9.17, 15) is 0 Å². The van der Waals surface area contributed by atoms with Crippen molar-refractivity contribution in [1.29, 1.82) is 0 Å². The van der Waals surface area contributed by atoms with Crippen molar-refractivity contribution in [3.05, 3.63) is 0 Å². The SMILES string of the molecule is CC(CN(C)C)NCC1CCSC1. The number of hydrogen-bond donors (Lipinski definition) is 1. The molecule has 0 saturated carbocycles. The zero-order valence-electron chi connectivity index (χ0n) is 9.05. The van der Waals surface area contributed by atoms with Crippen LogP contribution >= 0.6 is 11.8 Å². The van der Waals surface area contributed by atoms with Crippen LogP contribution in [0.1, 0.15) is 13.3 Å². The van der Waals surface area contributed by atoms with Gasteiger partial charge >= 0.3 is 0 Å². The lowest BCUT2D eigenvalue weighted by atomic mass is 10.1. The third kappa shape index (κ3) is 4.89. The highest BCUT2D eigenvalue weighted by Gasteiger charge is 2.15. The van der Waals surface area contributed by atoms with Gasteiger partial charge in [0.15, 0.2) is 0 Å². The summed E-state index contributed by atoms with van der Waals surface area (Å²) in [5, 5.41) is 3.60. The number of thioether (sulfide) groups is 1. The Balaban J connectivity index is 2.03. The Hall–Kier alpha value is 0.270. The van der Waals surface area contributed by atoms with Crippen molar-refractivity contribution in [2.45, 2.75) is 19.4 Å². The lowest BCUT2D eigenvalue weighted by molar-refractivity contribution is 0.339. The number of rotatable bonds is 5. The summed E-state index contributed by atoms with van der Waals surface area (Å²) >= 11 is 2.10. The second-order valence-electron chi connectivity index (χ2n) is 4.30. The Kier molecular flexibility index (Phi) is 5.14. The monoisotopic (exact) mass is 202 g/mol. The topological polar surface area (TPSA) is 15.3 Å². The second-order valence-corrected chi connectivity index (χ2v) is 5.45. The van der Waals surface area contributed by atoms with E-state index < -0.39 is 0 Å². The number of hydrogen-bond acceptors (Lipinski definition) is 3. The van der Waals surface area contributed by atoms with Gasteiger partial charge in [-0.1, -0.05) is 0 Å². The van der Waals surface area contributed by atoms with Crippen molar-refractivity contribution in [1.82, 2.24) is 10.2 Å². The molecular weight excluding hydrogens is 180 g/mol. The van der Waals surface area contributed by atoms with E-state index in [1.54, 1.807) is 0 Å². The molecule has 0 aromatic heterocycles. The predicted octanol–water partition coefficient (Wildman–Crippen LogP) is 1.28. The molecule has 2 atom stereocenters. The van der Waals surface area contributed by atoms with E-state index in [1.807, 2.05) is 0 Å². The van der Waals surface area contributed by atoms with Gasteiger partial charge in [0.1, 0.15) is 0 Å². The molecule has 0 aromatic carbocycles. The highest BCUT2D eigenvalue weighted by atomic mass is 32.2. The van der Waals surface area contributed by atoms with Crippen molar-refractivity contribution in [2.24, 2.45) is 5.92 Å². The van der Waals surface area contributed by atoms with Gasteiger partial charge in [-0.15, -0.1) is 0 Å². The van der Waals surface area contributed by atoms with Crippen LogP contribution in [-0.2, 0) is 0 Å². The van der Waals surface area contributed by atoms with Gasteiger partial charge in [0.05, 0.1) is 0 Å². The maximum absolute atomic E-state index is 3.60. The first-order valence-electron chi connectivity index (χ1n) is 5.14. The zero-order valence-corrected chi connectivity index (χ0v) is 9.86. The van der Waals surface area contributed by atoms with Crippen LogP contribution in [0.2, 0.25) is 0 Å². The molecule has 1 aliphatic rings. The van der Waals surface area contributed by atoms with Gasteiger partial charge in [0.25, 0.3) is 0 Å². The summed E-state index contributed by atoms with van der Waals surface area (Å²) < 4.78 is 0. The standard InChI is InChI=1S/C10H22N2S/c1-9(7-12(2)3)11-6-10-4-5-13-8-10/h9-11H,4-8H2,1-3H3. The molecule has 1 aliphatic heterocycles. The molecule has 0 spiro atoms. The Morgan fingerprint density at radius 1 is 1.54 bits per heavy atom. The first kappa shape index (κ1) is 11.3. The summed E-state index contributed by atoms with van der Waals surface area (Å²) in [4.78, 5) is 2.24. The van der Waals surface area contributed by atoms with Crippen LogP contribution in [0.15, 0.2) is 0 Å². The fourth-order valence-electron chi connectivity index (χ4n) is 1.72. The van der Waals surface area contributed by atoms with Gasteiger partial charge in [0.2, 0.25) is 0 Å². The molecule has 1 fully saturated rings. The summed E-state index contributed by atoms with van der Waals surface area (Å²) in [5.41, 5.74) is 0.